The highest BCUT2D eigenvalue weighted by atomic mass is 79.9. The van der Waals surface area contributed by atoms with E-state index in [1.807, 2.05) is 24.3 Å². The van der Waals surface area contributed by atoms with Crippen LogP contribution in [0.1, 0.15) is 5.56 Å². The van der Waals surface area contributed by atoms with E-state index in [2.05, 4.69) is 20.7 Å². The second kappa shape index (κ2) is 5.48. The van der Waals surface area contributed by atoms with Crippen molar-refractivity contribution >= 4 is 15.9 Å². The van der Waals surface area contributed by atoms with Crippen molar-refractivity contribution in [3.05, 3.63) is 53.6 Å². The lowest BCUT2D eigenvalue weighted by molar-refractivity contribution is 0.360. The van der Waals surface area contributed by atoms with Gasteiger partial charge in [0, 0.05) is 5.33 Å². The van der Waals surface area contributed by atoms with Crippen LogP contribution in [0, 0.1) is 11.6 Å². The van der Waals surface area contributed by atoms with Gasteiger partial charge in [0.25, 0.3) is 0 Å². The van der Waals surface area contributed by atoms with Crippen molar-refractivity contribution in [3.63, 3.8) is 0 Å². The SMILES string of the molecule is COc1c(F)cc(-c2ccc(CBr)cc2)cc1F. The largest absolute Gasteiger partial charge is 0.491 e. The molecular weight excluding hydrogens is 302 g/mol. The number of ether oxygens (including phenoxy) is 1. The molecule has 0 radical (unpaired) electrons. The van der Waals surface area contributed by atoms with E-state index < -0.39 is 11.6 Å². The third-order valence-electron chi connectivity index (χ3n) is 2.64. The molecule has 0 amide bonds. The highest BCUT2D eigenvalue weighted by Crippen LogP contribution is 2.29. The van der Waals surface area contributed by atoms with E-state index in [-0.39, 0.29) is 5.75 Å². The molecule has 0 heterocycles. The molecule has 0 saturated heterocycles. The quantitative estimate of drug-likeness (QED) is 0.756. The Kier molecular flexibility index (Phi) is 3.97. The van der Waals surface area contributed by atoms with Gasteiger partial charge in [-0.1, -0.05) is 40.2 Å². The predicted octanol–water partition coefficient (Wildman–Crippen LogP) is 4.54. The van der Waals surface area contributed by atoms with Crippen molar-refractivity contribution in [1.82, 2.24) is 0 Å². The third-order valence-corrected chi connectivity index (χ3v) is 3.29. The van der Waals surface area contributed by atoms with Crippen LogP contribution in [0.3, 0.4) is 0 Å². The fourth-order valence-electron chi connectivity index (χ4n) is 1.71. The summed E-state index contributed by atoms with van der Waals surface area (Å²) in [6, 6.07) is 10.0. The van der Waals surface area contributed by atoms with E-state index >= 15 is 0 Å². The molecule has 0 atom stereocenters. The topological polar surface area (TPSA) is 9.23 Å². The van der Waals surface area contributed by atoms with Crippen molar-refractivity contribution in [2.24, 2.45) is 0 Å². The van der Waals surface area contributed by atoms with E-state index in [1.165, 1.54) is 19.2 Å². The minimum absolute atomic E-state index is 0.351. The molecule has 0 bridgehead atoms. The molecule has 0 aliphatic carbocycles. The Bertz CT molecular complexity index is 529. The summed E-state index contributed by atoms with van der Waals surface area (Å²) < 4.78 is 31.8. The van der Waals surface area contributed by atoms with Crippen LogP contribution in [0.2, 0.25) is 0 Å². The number of benzene rings is 2. The van der Waals surface area contributed by atoms with Gasteiger partial charge in [-0.3, -0.25) is 0 Å². The second-order valence-electron chi connectivity index (χ2n) is 3.80. The summed E-state index contributed by atoms with van der Waals surface area (Å²) in [4.78, 5) is 0. The zero-order valence-electron chi connectivity index (χ0n) is 9.71. The van der Waals surface area contributed by atoms with Crippen molar-refractivity contribution in [2.45, 2.75) is 5.33 Å². The average Bonchev–Trinajstić information content (AvgIpc) is 2.38. The molecule has 0 saturated carbocycles. The summed E-state index contributed by atoms with van der Waals surface area (Å²) in [5, 5.41) is 0.749. The van der Waals surface area contributed by atoms with Crippen LogP contribution in [-0.2, 0) is 5.33 Å². The van der Waals surface area contributed by atoms with Crippen molar-refractivity contribution in [2.75, 3.05) is 7.11 Å². The molecular formula is C14H11BrF2O. The highest BCUT2D eigenvalue weighted by molar-refractivity contribution is 9.08. The van der Waals surface area contributed by atoms with E-state index in [4.69, 9.17) is 0 Å². The molecule has 2 aromatic carbocycles. The molecule has 0 aromatic heterocycles. The molecule has 0 aliphatic rings. The first kappa shape index (κ1) is 13.0. The molecule has 0 aliphatic heterocycles. The minimum atomic E-state index is -0.697. The van der Waals surface area contributed by atoms with Gasteiger partial charge in [0.15, 0.2) is 17.4 Å². The Morgan fingerprint density at radius 1 is 1.00 bits per heavy atom. The van der Waals surface area contributed by atoms with Gasteiger partial charge in [-0.2, -0.15) is 0 Å². The van der Waals surface area contributed by atoms with Crippen LogP contribution in [-0.4, -0.2) is 7.11 Å². The molecule has 1 nitrogen and oxygen atoms in total. The van der Waals surface area contributed by atoms with Crippen LogP contribution >= 0.6 is 15.9 Å². The fraction of sp³-hybridized carbons (Fsp3) is 0.143. The monoisotopic (exact) mass is 312 g/mol. The molecule has 2 rings (SSSR count). The molecule has 0 spiro atoms. The zero-order chi connectivity index (χ0) is 13.1. The molecule has 4 heteroatoms. The summed E-state index contributed by atoms with van der Waals surface area (Å²) in [7, 11) is 1.24. The van der Waals surface area contributed by atoms with Gasteiger partial charge in [-0.05, 0) is 28.8 Å². The number of hydrogen-bond donors (Lipinski definition) is 0. The van der Waals surface area contributed by atoms with Gasteiger partial charge >= 0.3 is 0 Å². The van der Waals surface area contributed by atoms with Gasteiger partial charge < -0.3 is 4.74 Å². The maximum atomic E-state index is 13.6. The Morgan fingerprint density at radius 2 is 1.56 bits per heavy atom. The van der Waals surface area contributed by atoms with Crippen LogP contribution in [0.25, 0.3) is 11.1 Å². The van der Waals surface area contributed by atoms with Gasteiger partial charge in [-0.25, -0.2) is 8.78 Å². The normalized spacial score (nSPS) is 10.4. The van der Waals surface area contributed by atoms with Crippen molar-refractivity contribution in [3.8, 4) is 16.9 Å². The van der Waals surface area contributed by atoms with Crippen LogP contribution in [0.5, 0.6) is 5.75 Å². The minimum Gasteiger partial charge on any atom is -0.491 e. The smallest absolute Gasteiger partial charge is 0.190 e. The summed E-state index contributed by atoms with van der Waals surface area (Å²) in [6.45, 7) is 0. The molecule has 18 heavy (non-hydrogen) atoms. The summed E-state index contributed by atoms with van der Waals surface area (Å²) in [5.74, 6) is -1.75. The van der Waals surface area contributed by atoms with Gasteiger partial charge in [0.1, 0.15) is 0 Å². The number of methoxy groups -OCH3 is 1. The first-order valence-corrected chi connectivity index (χ1v) is 6.46. The van der Waals surface area contributed by atoms with Crippen molar-refractivity contribution in [1.29, 1.82) is 0 Å². The molecule has 2 aromatic rings. The first-order valence-electron chi connectivity index (χ1n) is 5.34. The lowest BCUT2D eigenvalue weighted by atomic mass is 10.0. The van der Waals surface area contributed by atoms with Gasteiger partial charge in [-0.15, -0.1) is 0 Å². The molecule has 0 unspecified atom stereocenters. The van der Waals surface area contributed by atoms with Gasteiger partial charge in [0.2, 0.25) is 0 Å². The number of rotatable bonds is 3. The summed E-state index contributed by atoms with van der Waals surface area (Å²) in [5.41, 5.74) is 2.36. The number of halogens is 3. The maximum absolute atomic E-state index is 13.6. The van der Waals surface area contributed by atoms with E-state index in [0.29, 0.717) is 5.56 Å². The fourth-order valence-corrected chi connectivity index (χ4v) is 2.08. The Morgan fingerprint density at radius 3 is 2.00 bits per heavy atom. The zero-order valence-corrected chi connectivity index (χ0v) is 11.3. The summed E-state index contributed by atoms with van der Waals surface area (Å²) in [6.07, 6.45) is 0. The summed E-state index contributed by atoms with van der Waals surface area (Å²) >= 11 is 3.34. The Balaban J connectivity index is 2.44. The Hall–Kier alpha value is -1.42. The Labute approximate surface area is 113 Å². The van der Waals surface area contributed by atoms with E-state index in [0.717, 1.165) is 16.5 Å². The predicted molar refractivity (Wildman–Crippen MR) is 71.0 cm³/mol. The lowest BCUT2D eigenvalue weighted by Gasteiger charge is -2.07. The third kappa shape index (κ3) is 2.53. The highest BCUT2D eigenvalue weighted by Gasteiger charge is 2.12. The standard InChI is InChI=1S/C14H11BrF2O/c1-18-14-12(16)6-11(7-13(14)17)10-4-2-9(8-15)3-5-10/h2-7H,8H2,1H3. The number of alkyl halides is 1. The van der Waals surface area contributed by atoms with Crippen molar-refractivity contribution < 1.29 is 13.5 Å². The maximum Gasteiger partial charge on any atom is 0.190 e. The number of hydrogen-bond acceptors (Lipinski definition) is 1. The van der Waals surface area contributed by atoms with E-state index in [1.54, 1.807) is 0 Å². The lowest BCUT2D eigenvalue weighted by Crippen LogP contribution is -1.93. The van der Waals surface area contributed by atoms with Crippen LogP contribution < -0.4 is 4.74 Å². The average molecular weight is 313 g/mol. The first-order chi connectivity index (χ1) is 8.65. The molecule has 94 valence electrons. The second-order valence-corrected chi connectivity index (χ2v) is 4.36. The van der Waals surface area contributed by atoms with Crippen LogP contribution in [0.4, 0.5) is 8.78 Å². The van der Waals surface area contributed by atoms with Gasteiger partial charge in [0.05, 0.1) is 7.11 Å². The van der Waals surface area contributed by atoms with E-state index in [9.17, 15) is 8.78 Å². The molecule has 0 fully saturated rings. The van der Waals surface area contributed by atoms with Crippen LogP contribution in [0.15, 0.2) is 36.4 Å². The molecule has 0 N–H and O–H groups in total.